The molecule has 1 atom stereocenters. The van der Waals surface area contributed by atoms with E-state index in [1.54, 1.807) is 31.3 Å². The number of nitrogens with one attached hydrogen (secondary N) is 1. The van der Waals surface area contributed by atoms with Crippen LogP contribution in [0.1, 0.15) is 60.4 Å². The molecule has 210 valence electrons. The monoisotopic (exact) mass is 552 g/mol. The predicted octanol–water partition coefficient (Wildman–Crippen LogP) is 6.71. The molecule has 0 radical (unpaired) electrons. The lowest BCUT2D eigenvalue weighted by Gasteiger charge is -2.22. The molecule has 7 heteroatoms. The van der Waals surface area contributed by atoms with Crippen LogP contribution in [-0.2, 0) is 23.0 Å². The number of ether oxygens (including phenoxy) is 1. The highest BCUT2D eigenvalue weighted by Crippen LogP contribution is 2.41. The molecular weight excluding hydrogens is 519 g/mol. The first kappa shape index (κ1) is 26.8. The lowest BCUT2D eigenvalue weighted by molar-refractivity contribution is -0.149. The van der Waals surface area contributed by atoms with Crippen LogP contribution in [0.4, 0.5) is 4.39 Å². The number of hydrogen-bond donors (Lipinski definition) is 2. The summed E-state index contributed by atoms with van der Waals surface area (Å²) in [5.41, 5.74) is 3.28. The normalized spacial score (nSPS) is 14.9. The number of carbonyl (C=O) groups is 1. The quantitative estimate of drug-likeness (QED) is 0.220. The number of rotatable bonds is 7. The van der Waals surface area contributed by atoms with Gasteiger partial charge in [0.05, 0.1) is 29.5 Å². The predicted molar refractivity (Wildman–Crippen MR) is 158 cm³/mol. The molecule has 0 spiro atoms. The Morgan fingerprint density at radius 3 is 2.54 bits per heavy atom. The SMILES string of the molecule is Cn1c(=O)c(C(c2cccc(F)c2)c2[nH]c3ccccc3c2CCOC(=O)C2CCCCC2)c(O)c2ccccc21. The van der Waals surface area contributed by atoms with E-state index in [2.05, 4.69) is 4.98 Å². The summed E-state index contributed by atoms with van der Waals surface area (Å²) < 4.78 is 21.9. The number of H-pyrrole nitrogens is 1. The van der Waals surface area contributed by atoms with Crippen molar-refractivity contribution in [2.45, 2.75) is 44.4 Å². The zero-order valence-electron chi connectivity index (χ0n) is 23.0. The van der Waals surface area contributed by atoms with Crippen molar-refractivity contribution in [1.29, 1.82) is 0 Å². The topological polar surface area (TPSA) is 84.3 Å². The molecular formula is C34H33FN2O4. The van der Waals surface area contributed by atoms with Gasteiger partial charge in [0, 0.05) is 35.5 Å². The summed E-state index contributed by atoms with van der Waals surface area (Å²) in [5.74, 6) is -1.59. The summed E-state index contributed by atoms with van der Waals surface area (Å²) >= 11 is 0. The average molecular weight is 553 g/mol. The van der Waals surface area contributed by atoms with Crippen molar-refractivity contribution in [1.82, 2.24) is 9.55 Å². The zero-order chi connectivity index (χ0) is 28.5. The van der Waals surface area contributed by atoms with E-state index in [0.717, 1.165) is 48.6 Å². The van der Waals surface area contributed by atoms with Gasteiger partial charge in [-0.1, -0.05) is 61.7 Å². The van der Waals surface area contributed by atoms with E-state index in [9.17, 15) is 19.1 Å². The molecule has 1 fully saturated rings. The van der Waals surface area contributed by atoms with Crippen molar-refractivity contribution in [3.05, 3.63) is 111 Å². The van der Waals surface area contributed by atoms with Gasteiger partial charge >= 0.3 is 5.97 Å². The van der Waals surface area contributed by atoms with Crippen LogP contribution in [0.15, 0.2) is 77.6 Å². The molecule has 6 rings (SSSR count). The summed E-state index contributed by atoms with van der Waals surface area (Å²) in [6.07, 6.45) is 5.38. The molecule has 1 aliphatic rings. The molecule has 2 aromatic heterocycles. The lowest BCUT2D eigenvalue weighted by atomic mass is 9.85. The van der Waals surface area contributed by atoms with Crippen LogP contribution >= 0.6 is 0 Å². The van der Waals surface area contributed by atoms with E-state index in [4.69, 9.17) is 4.74 Å². The summed E-state index contributed by atoms with van der Waals surface area (Å²) in [6.45, 7) is 0.182. The molecule has 1 unspecified atom stereocenters. The highest BCUT2D eigenvalue weighted by molar-refractivity contribution is 5.88. The van der Waals surface area contributed by atoms with Crippen LogP contribution in [0, 0.1) is 11.7 Å². The van der Waals surface area contributed by atoms with Crippen LogP contribution in [0.2, 0.25) is 0 Å². The van der Waals surface area contributed by atoms with Gasteiger partial charge in [0.15, 0.2) is 0 Å². The van der Waals surface area contributed by atoms with E-state index in [0.29, 0.717) is 28.6 Å². The molecule has 0 amide bonds. The van der Waals surface area contributed by atoms with Gasteiger partial charge in [-0.25, -0.2) is 4.39 Å². The van der Waals surface area contributed by atoms with Crippen molar-refractivity contribution in [2.75, 3.05) is 6.61 Å². The first-order chi connectivity index (χ1) is 19.9. The lowest BCUT2D eigenvalue weighted by Crippen LogP contribution is -2.26. The number of aromatic nitrogens is 2. The summed E-state index contributed by atoms with van der Waals surface area (Å²) in [7, 11) is 1.67. The fourth-order valence-electron chi connectivity index (χ4n) is 6.37. The number of hydrogen-bond acceptors (Lipinski definition) is 4. The van der Waals surface area contributed by atoms with Crippen molar-refractivity contribution in [3.63, 3.8) is 0 Å². The van der Waals surface area contributed by atoms with Gasteiger partial charge in [-0.2, -0.15) is 0 Å². The van der Waals surface area contributed by atoms with E-state index in [1.807, 2.05) is 36.4 Å². The van der Waals surface area contributed by atoms with Crippen molar-refractivity contribution >= 4 is 27.8 Å². The Balaban J connectivity index is 1.50. The number of halogens is 1. The summed E-state index contributed by atoms with van der Waals surface area (Å²) in [4.78, 5) is 30.2. The maximum absolute atomic E-state index is 14.7. The van der Waals surface area contributed by atoms with Crippen molar-refractivity contribution in [3.8, 4) is 5.75 Å². The average Bonchev–Trinajstić information content (AvgIpc) is 3.36. The van der Waals surface area contributed by atoms with Gasteiger partial charge in [0.1, 0.15) is 11.6 Å². The number of nitrogens with zero attached hydrogens (tertiary/aromatic N) is 1. The fourth-order valence-corrected chi connectivity index (χ4v) is 6.37. The van der Waals surface area contributed by atoms with Crippen LogP contribution in [0.25, 0.3) is 21.8 Å². The van der Waals surface area contributed by atoms with Crippen LogP contribution < -0.4 is 5.56 Å². The second kappa shape index (κ2) is 11.2. The molecule has 0 bridgehead atoms. The molecule has 1 aliphatic carbocycles. The number of aromatic amines is 1. The molecule has 3 aromatic carbocycles. The molecule has 2 N–H and O–H groups in total. The number of para-hydroxylation sites is 2. The highest BCUT2D eigenvalue weighted by Gasteiger charge is 2.31. The van der Waals surface area contributed by atoms with E-state index in [-0.39, 0.29) is 35.4 Å². The van der Waals surface area contributed by atoms with Crippen LogP contribution in [0.5, 0.6) is 5.75 Å². The molecule has 41 heavy (non-hydrogen) atoms. The number of pyridine rings is 1. The molecule has 1 saturated carbocycles. The Bertz CT molecular complexity index is 1800. The zero-order valence-corrected chi connectivity index (χ0v) is 23.0. The Hall–Kier alpha value is -4.39. The maximum atomic E-state index is 14.7. The van der Waals surface area contributed by atoms with Gasteiger partial charge in [-0.3, -0.25) is 9.59 Å². The van der Waals surface area contributed by atoms with E-state index < -0.39 is 11.7 Å². The Morgan fingerprint density at radius 2 is 1.76 bits per heavy atom. The first-order valence-corrected chi connectivity index (χ1v) is 14.3. The molecule has 5 aromatic rings. The molecule has 6 nitrogen and oxygen atoms in total. The minimum Gasteiger partial charge on any atom is -0.507 e. The molecule has 0 aliphatic heterocycles. The van der Waals surface area contributed by atoms with Gasteiger partial charge < -0.3 is 19.4 Å². The first-order valence-electron chi connectivity index (χ1n) is 14.3. The highest BCUT2D eigenvalue weighted by atomic mass is 19.1. The van der Waals surface area contributed by atoms with Gasteiger partial charge in [-0.15, -0.1) is 0 Å². The third-order valence-electron chi connectivity index (χ3n) is 8.45. The fraction of sp³-hybridized carbons (Fsp3) is 0.294. The number of esters is 1. The maximum Gasteiger partial charge on any atom is 0.308 e. The van der Waals surface area contributed by atoms with Gasteiger partial charge in [0.25, 0.3) is 5.56 Å². The minimum atomic E-state index is -0.801. The standard InChI is InChI=1S/C34H33FN2O4/c1-37-28-17-8-6-15-26(28)32(38)30(33(37)39)29(22-12-9-13-23(35)20-22)31-25(24-14-5-7-16-27(24)36-31)18-19-41-34(40)21-10-3-2-4-11-21/h5-9,12-17,20-21,29,36,38H,2-4,10-11,18-19H2,1H3. The Kier molecular flexibility index (Phi) is 7.35. The number of carbonyl (C=O) groups excluding carboxylic acids is 1. The second-order valence-electron chi connectivity index (χ2n) is 10.9. The Morgan fingerprint density at radius 1 is 1.02 bits per heavy atom. The van der Waals surface area contributed by atoms with Gasteiger partial charge in [-0.05, 0) is 54.3 Å². The number of aryl methyl sites for hydroxylation is 1. The number of benzene rings is 3. The Labute approximate surface area is 237 Å². The number of aromatic hydroxyl groups is 1. The van der Waals surface area contributed by atoms with Gasteiger partial charge in [0.2, 0.25) is 0 Å². The molecule has 0 saturated heterocycles. The van der Waals surface area contributed by atoms with E-state index in [1.165, 1.54) is 16.7 Å². The van der Waals surface area contributed by atoms with Crippen molar-refractivity contribution < 1.29 is 19.0 Å². The third-order valence-corrected chi connectivity index (χ3v) is 8.45. The number of fused-ring (bicyclic) bond motifs is 2. The summed E-state index contributed by atoms with van der Waals surface area (Å²) in [5, 5.41) is 13.0. The van der Waals surface area contributed by atoms with Crippen LogP contribution in [0.3, 0.4) is 0 Å². The minimum absolute atomic E-state index is 0.0520. The molecule has 2 heterocycles. The summed E-state index contributed by atoms with van der Waals surface area (Å²) in [6, 6.07) is 21.1. The van der Waals surface area contributed by atoms with Crippen LogP contribution in [-0.4, -0.2) is 27.2 Å². The van der Waals surface area contributed by atoms with Crippen molar-refractivity contribution in [2.24, 2.45) is 13.0 Å². The third kappa shape index (κ3) is 5.01. The largest absolute Gasteiger partial charge is 0.507 e. The second-order valence-corrected chi connectivity index (χ2v) is 10.9. The van der Waals surface area contributed by atoms with E-state index >= 15 is 0 Å². The smallest absolute Gasteiger partial charge is 0.308 e.